The van der Waals surface area contributed by atoms with Crippen LogP contribution in [-0.2, 0) is 14.8 Å². The van der Waals surface area contributed by atoms with Crippen LogP contribution in [0.25, 0.3) is 0 Å². The standard InChI is InChI=1S/C12H17ClFN3O3S/c1-7(2)5-16-12(18)6-17-21(19,20)11-4-10(15)9(14)3-8(11)13/h3-4,7,17H,5-6,15H2,1-2H3,(H,16,18). The average Bonchev–Trinajstić information content (AvgIpc) is 2.38. The van der Waals surface area contributed by atoms with E-state index in [-0.39, 0.29) is 21.5 Å². The van der Waals surface area contributed by atoms with Crippen LogP contribution in [0.2, 0.25) is 5.02 Å². The van der Waals surface area contributed by atoms with Crippen molar-refractivity contribution in [3.05, 3.63) is 23.0 Å². The lowest BCUT2D eigenvalue weighted by Gasteiger charge is -2.11. The number of nitrogens with two attached hydrogens (primary N) is 1. The van der Waals surface area contributed by atoms with Gasteiger partial charge in [0.2, 0.25) is 15.9 Å². The van der Waals surface area contributed by atoms with Gasteiger partial charge in [-0.05, 0) is 18.1 Å². The molecule has 0 aromatic heterocycles. The van der Waals surface area contributed by atoms with Gasteiger partial charge in [-0.1, -0.05) is 25.4 Å². The molecule has 1 aromatic rings. The Balaban J connectivity index is 2.79. The number of amides is 1. The molecule has 0 aliphatic heterocycles. The van der Waals surface area contributed by atoms with Gasteiger partial charge in [0.15, 0.2) is 0 Å². The summed E-state index contributed by atoms with van der Waals surface area (Å²) >= 11 is 5.69. The number of anilines is 1. The highest BCUT2D eigenvalue weighted by atomic mass is 35.5. The molecular weight excluding hydrogens is 321 g/mol. The van der Waals surface area contributed by atoms with E-state index in [9.17, 15) is 17.6 Å². The van der Waals surface area contributed by atoms with Gasteiger partial charge in [0.05, 0.1) is 17.3 Å². The van der Waals surface area contributed by atoms with E-state index in [0.29, 0.717) is 6.54 Å². The fourth-order valence-electron chi connectivity index (χ4n) is 1.37. The number of carbonyl (C=O) groups excluding carboxylic acids is 1. The van der Waals surface area contributed by atoms with Crippen LogP contribution in [-0.4, -0.2) is 27.4 Å². The molecule has 0 heterocycles. The van der Waals surface area contributed by atoms with E-state index >= 15 is 0 Å². The van der Waals surface area contributed by atoms with E-state index < -0.39 is 28.3 Å². The highest BCUT2D eigenvalue weighted by molar-refractivity contribution is 7.89. The van der Waals surface area contributed by atoms with Crippen LogP contribution < -0.4 is 15.8 Å². The van der Waals surface area contributed by atoms with Gasteiger partial charge >= 0.3 is 0 Å². The predicted octanol–water partition coefficient (Wildman–Crippen LogP) is 1.11. The molecule has 0 bridgehead atoms. The largest absolute Gasteiger partial charge is 0.396 e. The maximum absolute atomic E-state index is 13.1. The minimum atomic E-state index is -4.05. The lowest BCUT2D eigenvalue weighted by molar-refractivity contribution is -0.120. The normalized spacial score (nSPS) is 11.7. The molecule has 0 atom stereocenters. The zero-order valence-corrected chi connectivity index (χ0v) is 13.2. The number of halogens is 2. The number of sulfonamides is 1. The van der Waals surface area contributed by atoms with Gasteiger partial charge in [-0.15, -0.1) is 0 Å². The minimum Gasteiger partial charge on any atom is -0.396 e. The van der Waals surface area contributed by atoms with Crippen molar-refractivity contribution in [2.24, 2.45) is 5.92 Å². The Kier molecular flexibility index (Phi) is 5.94. The highest BCUT2D eigenvalue weighted by Gasteiger charge is 2.20. The quantitative estimate of drug-likeness (QED) is 0.677. The van der Waals surface area contributed by atoms with Crippen LogP contribution in [0.3, 0.4) is 0 Å². The summed E-state index contributed by atoms with van der Waals surface area (Å²) < 4.78 is 39.2. The van der Waals surface area contributed by atoms with Crippen molar-refractivity contribution >= 4 is 33.2 Å². The third-order valence-corrected chi connectivity index (χ3v) is 4.34. The van der Waals surface area contributed by atoms with Gasteiger partial charge in [0.25, 0.3) is 0 Å². The third kappa shape index (κ3) is 5.14. The number of benzene rings is 1. The Bertz CT molecular complexity index is 635. The topological polar surface area (TPSA) is 101 Å². The second-order valence-corrected chi connectivity index (χ2v) is 6.97. The van der Waals surface area contributed by atoms with Gasteiger partial charge in [0.1, 0.15) is 10.7 Å². The Morgan fingerprint density at radius 3 is 2.62 bits per heavy atom. The van der Waals surface area contributed by atoms with Gasteiger partial charge in [-0.25, -0.2) is 17.5 Å². The number of rotatable bonds is 6. The first-order valence-electron chi connectivity index (χ1n) is 6.14. The number of carbonyl (C=O) groups is 1. The molecule has 9 heteroatoms. The molecule has 0 radical (unpaired) electrons. The van der Waals surface area contributed by atoms with Gasteiger partial charge in [-0.2, -0.15) is 0 Å². The van der Waals surface area contributed by atoms with Gasteiger partial charge in [0, 0.05) is 6.54 Å². The summed E-state index contributed by atoms with van der Waals surface area (Å²) in [5.41, 5.74) is 4.97. The molecule has 1 amide bonds. The molecule has 6 nitrogen and oxygen atoms in total. The minimum absolute atomic E-state index is 0.247. The summed E-state index contributed by atoms with van der Waals surface area (Å²) in [4.78, 5) is 11.1. The highest BCUT2D eigenvalue weighted by Crippen LogP contribution is 2.25. The first-order valence-corrected chi connectivity index (χ1v) is 8.00. The first-order chi connectivity index (χ1) is 9.63. The lowest BCUT2D eigenvalue weighted by Crippen LogP contribution is -2.38. The zero-order chi connectivity index (χ0) is 16.2. The molecule has 0 saturated heterocycles. The molecule has 4 N–H and O–H groups in total. The Hall–Kier alpha value is -1.38. The van der Waals surface area contributed by atoms with E-state index in [4.69, 9.17) is 17.3 Å². The van der Waals surface area contributed by atoms with Crippen LogP contribution in [0.4, 0.5) is 10.1 Å². The Morgan fingerprint density at radius 1 is 1.43 bits per heavy atom. The summed E-state index contributed by atoms with van der Waals surface area (Å²) in [7, 11) is -4.05. The number of hydrogen-bond acceptors (Lipinski definition) is 4. The average molecular weight is 338 g/mol. The molecular formula is C12H17ClFN3O3S. The van der Waals surface area contributed by atoms with Crippen LogP contribution >= 0.6 is 11.6 Å². The first kappa shape index (κ1) is 17.7. The van der Waals surface area contributed by atoms with E-state index in [0.717, 1.165) is 12.1 Å². The summed E-state index contributed by atoms with van der Waals surface area (Å²) in [5.74, 6) is -1.04. The maximum Gasteiger partial charge on any atom is 0.242 e. The number of nitrogens with one attached hydrogen (secondary N) is 2. The fraction of sp³-hybridized carbons (Fsp3) is 0.417. The van der Waals surface area contributed by atoms with Crippen molar-refractivity contribution in [1.82, 2.24) is 10.0 Å². The van der Waals surface area contributed by atoms with E-state index in [1.807, 2.05) is 13.8 Å². The van der Waals surface area contributed by atoms with Crippen molar-refractivity contribution in [3.63, 3.8) is 0 Å². The fourth-order valence-corrected chi connectivity index (χ4v) is 2.90. The molecule has 1 rings (SSSR count). The molecule has 0 spiro atoms. The zero-order valence-electron chi connectivity index (χ0n) is 11.6. The second kappa shape index (κ2) is 7.06. The third-order valence-electron chi connectivity index (χ3n) is 2.47. The van der Waals surface area contributed by atoms with Crippen LogP contribution in [0, 0.1) is 11.7 Å². The number of hydrogen-bond donors (Lipinski definition) is 3. The van der Waals surface area contributed by atoms with Crippen molar-refractivity contribution in [3.8, 4) is 0 Å². The van der Waals surface area contributed by atoms with Crippen LogP contribution in [0.5, 0.6) is 0 Å². The maximum atomic E-state index is 13.1. The second-order valence-electron chi connectivity index (χ2n) is 4.83. The van der Waals surface area contributed by atoms with Gasteiger partial charge in [-0.3, -0.25) is 4.79 Å². The summed E-state index contributed by atoms with van der Waals surface area (Å²) in [6.45, 7) is 3.81. The van der Waals surface area contributed by atoms with E-state index in [2.05, 4.69) is 10.0 Å². The van der Waals surface area contributed by atoms with Gasteiger partial charge < -0.3 is 11.1 Å². The molecule has 0 fully saturated rings. The summed E-state index contributed by atoms with van der Waals surface area (Å²) in [5, 5.41) is 2.25. The number of nitrogen functional groups attached to an aromatic ring is 1. The van der Waals surface area contributed by atoms with Crippen molar-refractivity contribution < 1.29 is 17.6 Å². The predicted molar refractivity (Wildman–Crippen MR) is 78.9 cm³/mol. The van der Waals surface area contributed by atoms with Crippen LogP contribution in [0.1, 0.15) is 13.8 Å². The van der Waals surface area contributed by atoms with E-state index in [1.165, 1.54) is 0 Å². The lowest BCUT2D eigenvalue weighted by atomic mass is 10.2. The Labute approximate surface area is 127 Å². The van der Waals surface area contributed by atoms with Crippen LogP contribution in [0.15, 0.2) is 17.0 Å². The molecule has 0 aliphatic rings. The molecule has 118 valence electrons. The smallest absolute Gasteiger partial charge is 0.242 e. The molecule has 21 heavy (non-hydrogen) atoms. The van der Waals surface area contributed by atoms with Crippen molar-refractivity contribution in [2.75, 3.05) is 18.8 Å². The van der Waals surface area contributed by atoms with Crippen molar-refractivity contribution in [2.45, 2.75) is 18.7 Å². The Morgan fingerprint density at radius 2 is 2.05 bits per heavy atom. The molecule has 0 unspecified atom stereocenters. The SMILES string of the molecule is CC(C)CNC(=O)CNS(=O)(=O)c1cc(N)c(F)cc1Cl. The van der Waals surface area contributed by atoms with Crippen molar-refractivity contribution in [1.29, 1.82) is 0 Å². The molecule has 1 aromatic carbocycles. The molecule has 0 aliphatic carbocycles. The molecule has 0 saturated carbocycles. The summed E-state index contributed by atoms with van der Waals surface area (Å²) in [6, 6.07) is 1.72. The monoisotopic (exact) mass is 337 g/mol. The summed E-state index contributed by atoms with van der Waals surface area (Å²) in [6.07, 6.45) is 0. The van der Waals surface area contributed by atoms with E-state index in [1.54, 1.807) is 0 Å².